The van der Waals surface area contributed by atoms with Gasteiger partial charge in [0.2, 0.25) is 0 Å². The van der Waals surface area contributed by atoms with E-state index in [1.165, 1.54) is 0 Å². The number of ether oxygens (including phenoxy) is 1. The molecule has 0 fully saturated rings. The van der Waals surface area contributed by atoms with Crippen LogP contribution in [0.4, 0.5) is 0 Å². The Morgan fingerprint density at radius 1 is 1.26 bits per heavy atom. The Labute approximate surface area is 118 Å². The average molecular weight is 272 g/mol. The number of esters is 1. The number of hydrogen-bond acceptors (Lipinski definition) is 3. The van der Waals surface area contributed by atoms with E-state index in [-0.39, 0.29) is 12.6 Å². The second-order valence-electron chi connectivity index (χ2n) is 4.42. The number of carbonyl (C=O) groups excluding carboxylic acids is 1. The van der Waals surface area contributed by atoms with Crippen molar-refractivity contribution < 1.29 is 9.53 Å². The van der Waals surface area contributed by atoms with Crippen molar-refractivity contribution in [2.75, 3.05) is 5.75 Å². The van der Waals surface area contributed by atoms with Gasteiger partial charge in [0, 0.05) is 16.9 Å². The van der Waals surface area contributed by atoms with E-state index in [0.29, 0.717) is 11.3 Å². The van der Waals surface area contributed by atoms with Crippen LogP contribution in [0.1, 0.15) is 11.1 Å². The summed E-state index contributed by atoms with van der Waals surface area (Å²) in [7, 11) is 0. The highest BCUT2D eigenvalue weighted by Crippen LogP contribution is 2.23. The van der Waals surface area contributed by atoms with E-state index in [2.05, 4.69) is 25.3 Å². The van der Waals surface area contributed by atoms with Crippen molar-refractivity contribution in [1.29, 1.82) is 0 Å². The van der Waals surface area contributed by atoms with E-state index in [1.807, 2.05) is 37.3 Å². The smallest absolute Gasteiger partial charge is 0.334 e. The summed E-state index contributed by atoms with van der Waals surface area (Å²) in [5.74, 6) is -0.0739. The Kier molecular flexibility index (Phi) is 4.27. The number of hydrogen-bond donors (Lipinski definition) is 1. The van der Waals surface area contributed by atoms with E-state index in [1.54, 1.807) is 0 Å². The molecule has 19 heavy (non-hydrogen) atoms. The third-order valence-electron chi connectivity index (χ3n) is 3.10. The molecular weight excluding hydrogens is 256 g/mol. The maximum atomic E-state index is 11.6. The van der Waals surface area contributed by atoms with E-state index in [4.69, 9.17) is 4.74 Å². The van der Waals surface area contributed by atoms with Gasteiger partial charge in [-0.05, 0) is 23.3 Å². The first kappa shape index (κ1) is 13.7. The lowest BCUT2D eigenvalue weighted by Gasteiger charge is -2.11. The first-order valence-corrected chi connectivity index (χ1v) is 6.69. The molecule has 0 saturated carbocycles. The summed E-state index contributed by atoms with van der Waals surface area (Å²) >= 11 is 4.01. The van der Waals surface area contributed by atoms with E-state index < -0.39 is 0 Å². The maximum absolute atomic E-state index is 11.6. The standard InChI is InChI=1S/C16H16O2S/c1-11-7-8-13-5-3-4-6-14(13)15(11)9-18-16(17)12(2)10-19/h3-8,19H,2,9-10H2,1H3. The fourth-order valence-electron chi connectivity index (χ4n) is 1.94. The predicted octanol–water partition coefficient (Wildman–Crippen LogP) is 3.68. The molecule has 2 rings (SSSR count). The lowest BCUT2D eigenvalue weighted by Crippen LogP contribution is -2.09. The molecule has 0 spiro atoms. The molecule has 0 aromatic heterocycles. The van der Waals surface area contributed by atoms with Gasteiger partial charge in [-0.2, -0.15) is 12.6 Å². The van der Waals surface area contributed by atoms with Crippen LogP contribution in [-0.2, 0) is 16.1 Å². The summed E-state index contributed by atoms with van der Waals surface area (Å²) < 4.78 is 5.28. The highest BCUT2D eigenvalue weighted by molar-refractivity contribution is 7.80. The molecule has 0 unspecified atom stereocenters. The number of thiol groups is 1. The van der Waals surface area contributed by atoms with Crippen molar-refractivity contribution in [2.24, 2.45) is 0 Å². The van der Waals surface area contributed by atoms with E-state index in [9.17, 15) is 4.79 Å². The van der Waals surface area contributed by atoms with Gasteiger partial charge < -0.3 is 4.74 Å². The zero-order chi connectivity index (χ0) is 13.8. The molecular formula is C16H16O2S. The molecule has 0 aliphatic carbocycles. The minimum Gasteiger partial charge on any atom is -0.457 e. The second kappa shape index (κ2) is 5.93. The molecule has 0 amide bonds. The van der Waals surface area contributed by atoms with Gasteiger partial charge >= 0.3 is 5.97 Å². The zero-order valence-corrected chi connectivity index (χ0v) is 11.7. The molecule has 0 radical (unpaired) electrons. The van der Waals surface area contributed by atoms with Gasteiger partial charge in [-0.25, -0.2) is 4.79 Å². The van der Waals surface area contributed by atoms with Crippen molar-refractivity contribution >= 4 is 29.4 Å². The molecule has 2 nitrogen and oxygen atoms in total. The maximum Gasteiger partial charge on any atom is 0.334 e. The molecule has 0 aliphatic heterocycles. The molecule has 98 valence electrons. The molecule has 0 saturated heterocycles. The summed E-state index contributed by atoms with van der Waals surface area (Å²) in [4.78, 5) is 11.6. The zero-order valence-electron chi connectivity index (χ0n) is 10.8. The molecule has 2 aromatic carbocycles. The molecule has 2 aromatic rings. The van der Waals surface area contributed by atoms with Crippen LogP contribution in [0.3, 0.4) is 0 Å². The first-order chi connectivity index (χ1) is 9.13. The topological polar surface area (TPSA) is 26.3 Å². The van der Waals surface area contributed by atoms with Crippen molar-refractivity contribution in [3.63, 3.8) is 0 Å². The van der Waals surface area contributed by atoms with Gasteiger partial charge in [0.1, 0.15) is 6.61 Å². The Morgan fingerprint density at radius 2 is 2.00 bits per heavy atom. The van der Waals surface area contributed by atoms with Crippen molar-refractivity contribution in [2.45, 2.75) is 13.5 Å². The second-order valence-corrected chi connectivity index (χ2v) is 4.74. The van der Waals surface area contributed by atoms with Crippen molar-refractivity contribution in [3.05, 3.63) is 59.7 Å². The lowest BCUT2D eigenvalue weighted by atomic mass is 10.0. The van der Waals surface area contributed by atoms with Gasteiger partial charge in [0.05, 0.1) is 0 Å². The minimum atomic E-state index is -0.387. The Morgan fingerprint density at radius 3 is 2.74 bits per heavy atom. The van der Waals surface area contributed by atoms with Crippen molar-refractivity contribution in [3.8, 4) is 0 Å². The van der Waals surface area contributed by atoms with Crippen LogP contribution in [0.15, 0.2) is 48.6 Å². The summed E-state index contributed by atoms with van der Waals surface area (Å²) in [6.07, 6.45) is 0. The normalized spacial score (nSPS) is 10.4. The number of benzene rings is 2. The molecule has 0 atom stereocenters. The number of fused-ring (bicyclic) bond motifs is 1. The van der Waals surface area contributed by atoms with Crippen molar-refractivity contribution in [1.82, 2.24) is 0 Å². The highest BCUT2D eigenvalue weighted by Gasteiger charge is 2.10. The summed E-state index contributed by atoms with van der Waals surface area (Å²) in [6.45, 7) is 5.90. The molecule has 0 N–H and O–H groups in total. The van der Waals surface area contributed by atoms with Crippen LogP contribution < -0.4 is 0 Å². The molecule has 0 heterocycles. The molecule has 3 heteroatoms. The van der Waals surface area contributed by atoms with Gasteiger partial charge in [0.15, 0.2) is 0 Å². The monoisotopic (exact) mass is 272 g/mol. The fraction of sp³-hybridized carbons (Fsp3) is 0.188. The average Bonchev–Trinajstić information content (AvgIpc) is 2.45. The fourth-order valence-corrected chi connectivity index (χ4v) is 2.07. The SMILES string of the molecule is C=C(CS)C(=O)OCc1c(C)ccc2ccccc12. The van der Waals surface area contributed by atoms with Crippen LogP contribution >= 0.6 is 12.6 Å². The van der Waals surface area contributed by atoms with Crippen LogP contribution in [0, 0.1) is 6.92 Å². The molecule has 0 aliphatic rings. The number of rotatable bonds is 4. The van der Waals surface area contributed by atoms with Crippen LogP contribution in [-0.4, -0.2) is 11.7 Å². The third kappa shape index (κ3) is 2.99. The predicted molar refractivity (Wildman–Crippen MR) is 81.5 cm³/mol. The summed E-state index contributed by atoms with van der Waals surface area (Å²) in [6, 6.07) is 12.2. The Bertz CT molecular complexity index is 632. The number of carbonyl (C=O) groups is 1. The van der Waals surface area contributed by atoms with Crippen LogP contribution in [0.5, 0.6) is 0 Å². The number of aryl methyl sites for hydroxylation is 1. The van der Waals surface area contributed by atoms with Crippen LogP contribution in [0.25, 0.3) is 10.8 Å². The summed E-state index contributed by atoms with van der Waals surface area (Å²) in [5, 5.41) is 2.26. The lowest BCUT2D eigenvalue weighted by molar-refractivity contribution is -0.140. The van der Waals surface area contributed by atoms with E-state index in [0.717, 1.165) is 21.9 Å². The minimum absolute atomic E-state index is 0.263. The Hall–Kier alpha value is -1.74. The summed E-state index contributed by atoms with van der Waals surface area (Å²) in [5.41, 5.74) is 2.53. The molecule has 0 bridgehead atoms. The van der Waals surface area contributed by atoms with Gasteiger partial charge in [-0.15, -0.1) is 0 Å². The third-order valence-corrected chi connectivity index (χ3v) is 3.48. The van der Waals surface area contributed by atoms with Gasteiger partial charge in [-0.3, -0.25) is 0 Å². The Balaban J connectivity index is 2.27. The largest absolute Gasteiger partial charge is 0.457 e. The first-order valence-electron chi connectivity index (χ1n) is 6.06. The quantitative estimate of drug-likeness (QED) is 0.522. The van der Waals surface area contributed by atoms with Gasteiger partial charge in [-0.1, -0.05) is 43.0 Å². The van der Waals surface area contributed by atoms with Crippen LogP contribution in [0.2, 0.25) is 0 Å². The van der Waals surface area contributed by atoms with E-state index >= 15 is 0 Å². The van der Waals surface area contributed by atoms with Gasteiger partial charge in [0.25, 0.3) is 0 Å². The highest BCUT2D eigenvalue weighted by atomic mass is 32.1.